The molecular weight excluding hydrogens is 426 g/mol. The quantitative estimate of drug-likeness (QED) is 0.424. The van der Waals surface area contributed by atoms with Crippen LogP contribution in [0.1, 0.15) is 16.3 Å². The van der Waals surface area contributed by atoms with Gasteiger partial charge in [0.15, 0.2) is 17.3 Å². The van der Waals surface area contributed by atoms with Gasteiger partial charge in [-0.05, 0) is 35.9 Å². The van der Waals surface area contributed by atoms with Gasteiger partial charge in [-0.3, -0.25) is 9.09 Å². The van der Waals surface area contributed by atoms with Gasteiger partial charge in [-0.1, -0.05) is 28.9 Å². The Balaban J connectivity index is 1.58. The molecule has 0 aliphatic carbocycles. The minimum absolute atomic E-state index is 0.253. The summed E-state index contributed by atoms with van der Waals surface area (Å²) >= 11 is 7.48. The minimum atomic E-state index is -0.549. The highest BCUT2D eigenvalue weighted by molar-refractivity contribution is 7.09. The van der Waals surface area contributed by atoms with Crippen molar-refractivity contribution in [3.8, 4) is 22.9 Å². The van der Waals surface area contributed by atoms with Crippen LogP contribution in [0.4, 0.5) is 0 Å². The Kier molecular flexibility index (Phi) is 5.87. The topological polar surface area (TPSA) is 79.4 Å². The van der Waals surface area contributed by atoms with Gasteiger partial charge in [-0.25, -0.2) is 9.78 Å². The molecular formula is C21H18ClN3O4S. The second-order valence-electron chi connectivity index (χ2n) is 6.46. The molecule has 30 heavy (non-hydrogen) atoms. The molecule has 2 heterocycles. The second-order valence-corrected chi connectivity index (χ2v) is 7.84. The maximum Gasteiger partial charge on any atom is 0.442 e. The molecule has 0 fully saturated rings. The molecule has 0 unspecified atom stereocenters. The molecule has 0 radical (unpaired) electrons. The number of rotatable bonds is 7. The molecule has 0 aliphatic rings. The summed E-state index contributed by atoms with van der Waals surface area (Å²) in [6, 6.07) is 13.0. The maximum absolute atomic E-state index is 12.3. The summed E-state index contributed by atoms with van der Waals surface area (Å²) in [7, 11) is 3.11. The van der Waals surface area contributed by atoms with Crippen molar-refractivity contribution in [3.05, 3.63) is 79.7 Å². The number of thiazole rings is 1. The first-order valence-electron chi connectivity index (χ1n) is 9.04. The highest BCUT2D eigenvalue weighted by atomic mass is 35.5. The third-order valence-corrected chi connectivity index (χ3v) is 5.67. The van der Waals surface area contributed by atoms with Crippen molar-refractivity contribution in [2.75, 3.05) is 14.2 Å². The standard InChI is InChI=1S/C21H18ClN3O4S/c1-27-17-8-5-14(10-18(17)28-2)20-24-29-21(26)25(20)11-16-12-30-19(23-16)9-13-3-6-15(22)7-4-13/h3-8,10,12H,9,11H2,1-2H3. The van der Waals surface area contributed by atoms with E-state index in [-0.39, 0.29) is 6.54 Å². The minimum Gasteiger partial charge on any atom is -0.493 e. The molecule has 4 rings (SSSR count). The summed E-state index contributed by atoms with van der Waals surface area (Å²) in [4.78, 5) is 16.9. The van der Waals surface area contributed by atoms with Crippen LogP contribution < -0.4 is 15.2 Å². The van der Waals surface area contributed by atoms with Crippen LogP contribution in [0.25, 0.3) is 11.4 Å². The van der Waals surface area contributed by atoms with Crippen LogP contribution in [0.3, 0.4) is 0 Å². The second kappa shape index (κ2) is 8.73. The fourth-order valence-electron chi connectivity index (χ4n) is 3.03. The molecule has 0 N–H and O–H groups in total. The molecule has 2 aromatic carbocycles. The average Bonchev–Trinajstić information content (AvgIpc) is 3.36. The van der Waals surface area contributed by atoms with Gasteiger partial charge in [-0.2, -0.15) is 0 Å². The predicted octanol–water partition coefficient (Wildman–Crippen LogP) is 4.27. The predicted molar refractivity (Wildman–Crippen MR) is 115 cm³/mol. The van der Waals surface area contributed by atoms with Crippen LogP contribution in [0.5, 0.6) is 11.5 Å². The molecule has 0 bridgehead atoms. The van der Waals surface area contributed by atoms with Crippen LogP contribution in [0.2, 0.25) is 5.02 Å². The van der Waals surface area contributed by atoms with Gasteiger partial charge in [0, 0.05) is 22.4 Å². The van der Waals surface area contributed by atoms with E-state index >= 15 is 0 Å². The number of methoxy groups -OCH3 is 2. The van der Waals surface area contributed by atoms with E-state index in [0.29, 0.717) is 34.3 Å². The molecule has 154 valence electrons. The number of benzene rings is 2. The lowest BCUT2D eigenvalue weighted by Gasteiger charge is -2.09. The third kappa shape index (κ3) is 4.24. The van der Waals surface area contributed by atoms with Gasteiger partial charge >= 0.3 is 5.76 Å². The molecule has 4 aromatic rings. The largest absolute Gasteiger partial charge is 0.493 e. The van der Waals surface area contributed by atoms with Crippen molar-refractivity contribution in [1.82, 2.24) is 14.7 Å². The monoisotopic (exact) mass is 443 g/mol. The van der Waals surface area contributed by atoms with Crippen molar-refractivity contribution in [2.45, 2.75) is 13.0 Å². The van der Waals surface area contributed by atoms with Gasteiger partial charge in [0.2, 0.25) is 0 Å². The Morgan fingerprint density at radius 3 is 2.60 bits per heavy atom. The lowest BCUT2D eigenvalue weighted by atomic mass is 10.2. The Bertz CT molecular complexity index is 1210. The Hall–Kier alpha value is -3.10. The molecule has 0 saturated carbocycles. The van der Waals surface area contributed by atoms with Gasteiger partial charge in [-0.15, -0.1) is 11.3 Å². The fourth-order valence-corrected chi connectivity index (χ4v) is 3.98. The van der Waals surface area contributed by atoms with Crippen molar-refractivity contribution < 1.29 is 14.0 Å². The van der Waals surface area contributed by atoms with Gasteiger partial charge in [0.05, 0.1) is 31.5 Å². The summed E-state index contributed by atoms with van der Waals surface area (Å²) in [5, 5.41) is 7.52. The summed E-state index contributed by atoms with van der Waals surface area (Å²) < 4.78 is 17.0. The van der Waals surface area contributed by atoms with E-state index in [2.05, 4.69) is 10.1 Å². The first-order valence-corrected chi connectivity index (χ1v) is 10.3. The first-order chi connectivity index (χ1) is 14.6. The van der Waals surface area contributed by atoms with Crippen LogP contribution in [-0.4, -0.2) is 28.9 Å². The normalized spacial score (nSPS) is 10.9. The Labute approximate surface area is 181 Å². The highest BCUT2D eigenvalue weighted by Crippen LogP contribution is 2.31. The van der Waals surface area contributed by atoms with E-state index in [9.17, 15) is 4.79 Å². The SMILES string of the molecule is COc1ccc(-c2noc(=O)n2Cc2csc(Cc3ccc(Cl)cc3)n2)cc1OC. The van der Waals surface area contributed by atoms with Crippen molar-refractivity contribution in [1.29, 1.82) is 0 Å². The Morgan fingerprint density at radius 1 is 1.10 bits per heavy atom. The molecule has 9 heteroatoms. The zero-order chi connectivity index (χ0) is 21.1. The number of hydrogen-bond acceptors (Lipinski definition) is 7. The number of halogens is 1. The summed E-state index contributed by atoms with van der Waals surface area (Å²) in [6.45, 7) is 0.253. The maximum atomic E-state index is 12.3. The summed E-state index contributed by atoms with van der Waals surface area (Å²) in [5.74, 6) is 0.973. The molecule has 0 amide bonds. The zero-order valence-electron chi connectivity index (χ0n) is 16.3. The van der Waals surface area contributed by atoms with E-state index < -0.39 is 5.76 Å². The molecule has 0 saturated heterocycles. The zero-order valence-corrected chi connectivity index (χ0v) is 17.9. The summed E-state index contributed by atoms with van der Waals surface area (Å²) in [5.41, 5.74) is 2.56. The number of ether oxygens (including phenoxy) is 2. The third-order valence-electron chi connectivity index (χ3n) is 4.52. The van der Waals surface area contributed by atoms with Gasteiger partial charge in [0.25, 0.3) is 0 Å². The van der Waals surface area contributed by atoms with Crippen LogP contribution >= 0.6 is 22.9 Å². The molecule has 7 nitrogen and oxygen atoms in total. The molecule has 0 aliphatic heterocycles. The van der Waals surface area contributed by atoms with Crippen molar-refractivity contribution in [2.24, 2.45) is 0 Å². The van der Waals surface area contributed by atoms with E-state index in [1.165, 1.54) is 4.57 Å². The van der Waals surface area contributed by atoms with E-state index in [1.807, 2.05) is 29.6 Å². The fraction of sp³-hybridized carbons (Fsp3) is 0.190. The number of nitrogens with zero attached hydrogens (tertiary/aromatic N) is 3. The molecule has 2 aromatic heterocycles. The molecule has 0 spiro atoms. The van der Waals surface area contributed by atoms with Crippen molar-refractivity contribution >= 4 is 22.9 Å². The highest BCUT2D eigenvalue weighted by Gasteiger charge is 2.17. The lowest BCUT2D eigenvalue weighted by Crippen LogP contribution is -2.16. The van der Waals surface area contributed by atoms with Gasteiger partial charge < -0.3 is 9.47 Å². The van der Waals surface area contributed by atoms with E-state index in [0.717, 1.165) is 16.3 Å². The lowest BCUT2D eigenvalue weighted by molar-refractivity contribution is 0.355. The number of aromatic nitrogens is 3. The van der Waals surface area contributed by atoms with Crippen LogP contribution in [0, 0.1) is 0 Å². The smallest absolute Gasteiger partial charge is 0.442 e. The van der Waals surface area contributed by atoms with Gasteiger partial charge in [0.1, 0.15) is 0 Å². The Morgan fingerprint density at radius 2 is 1.87 bits per heavy atom. The van der Waals surface area contributed by atoms with E-state index in [1.54, 1.807) is 43.8 Å². The van der Waals surface area contributed by atoms with Crippen LogP contribution in [0.15, 0.2) is 57.2 Å². The summed E-state index contributed by atoms with van der Waals surface area (Å²) in [6.07, 6.45) is 0.697. The van der Waals surface area contributed by atoms with Crippen molar-refractivity contribution in [3.63, 3.8) is 0 Å². The average molecular weight is 444 g/mol. The van der Waals surface area contributed by atoms with E-state index in [4.69, 9.17) is 25.6 Å². The number of hydrogen-bond donors (Lipinski definition) is 0. The van der Waals surface area contributed by atoms with Crippen LogP contribution in [-0.2, 0) is 13.0 Å². The first kappa shape index (κ1) is 20.2. The molecule has 0 atom stereocenters.